The van der Waals surface area contributed by atoms with Gasteiger partial charge in [0.15, 0.2) is 0 Å². The van der Waals surface area contributed by atoms with Crippen molar-refractivity contribution in [2.45, 2.75) is 65.1 Å². The van der Waals surface area contributed by atoms with Gasteiger partial charge in [0, 0.05) is 6.54 Å². The van der Waals surface area contributed by atoms with Crippen LogP contribution in [0, 0.1) is 6.92 Å². The number of hydrogen-bond donors (Lipinski definition) is 0. The van der Waals surface area contributed by atoms with Gasteiger partial charge in [-0.15, -0.1) is 0 Å². The molecule has 1 aromatic heterocycles. The molecule has 1 atom stereocenters. The van der Waals surface area contributed by atoms with Crippen molar-refractivity contribution in [2.24, 2.45) is 0 Å². The van der Waals surface area contributed by atoms with Crippen molar-refractivity contribution in [1.82, 2.24) is 14.5 Å². The van der Waals surface area contributed by atoms with Crippen LogP contribution < -0.4 is 4.74 Å². The molecular formula is C26H33N3O3. The molecule has 32 heavy (non-hydrogen) atoms. The van der Waals surface area contributed by atoms with Crippen LogP contribution in [0.1, 0.15) is 51.2 Å². The van der Waals surface area contributed by atoms with Gasteiger partial charge in [-0.3, -0.25) is 4.57 Å². The van der Waals surface area contributed by atoms with Crippen LogP contribution in [0.25, 0.3) is 11.0 Å². The van der Waals surface area contributed by atoms with Gasteiger partial charge < -0.3 is 14.4 Å². The summed E-state index contributed by atoms with van der Waals surface area (Å²) in [6, 6.07) is 17.2. The minimum absolute atomic E-state index is 0.0220. The number of piperidine rings is 1. The molecule has 1 aliphatic heterocycles. The number of aromatic nitrogens is 2. The van der Waals surface area contributed by atoms with E-state index in [-0.39, 0.29) is 12.1 Å². The molecule has 0 saturated carbocycles. The number of likely N-dealkylation sites (tertiary alicyclic amines) is 1. The summed E-state index contributed by atoms with van der Waals surface area (Å²) in [6.07, 6.45) is 2.70. The van der Waals surface area contributed by atoms with Crippen LogP contribution in [-0.2, 0) is 11.3 Å². The van der Waals surface area contributed by atoms with E-state index >= 15 is 0 Å². The number of nitrogens with zero attached hydrogens (tertiary/aromatic N) is 3. The highest BCUT2D eigenvalue weighted by Gasteiger charge is 2.31. The van der Waals surface area contributed by atoms with E-state index in [1.54, 1.807) is 0 Å². The summed E-state index contributed by atoms with van der Waals surface area (Å²) in [5.41, 5.74) is 3.86. The van der Waals surface area contributed by atoms with Crippen LogP contribution >= 0.6 is 0 Å². The van der Waals surface area contributed by atoms with Crippen LogP contribution in [0.2, 0.25) is 0 Å². The maximum absolute atomic E-state index is 12.7. The van der Waals surface area contributed by atoms with Gasteiger partial charge in [-0.2, -0.15) is 4.98 Å². The summed E-state index contributed by atoms with van der Waals surface area (Å²) in [7, 11) is 0. The number of amides is 1. The van der Waals surface area contributed by atoms with Crippen molar-refractivity contribution in [3.05, 3.63) is 59.7 Å². The first-order valence-electron chi connectivity index (χ1n) is 11.4. The predicted octanol–water partition coefficient (Wildman–Crippen LogP) is 5.56. The third-order valence-electron chi connectivity index (χ3n) is 5.74. The van der Waals surface area contributed by atoms with Crippen molar-refractivity contribution in [1.29, 1.82) is 0 Å². The molecular weight excluding hydrogens is 402 g/mol. The van der Waals surface area contributed by atoms with Crippen molar-refractivity contribution >= 4 is 17.1 Å². The molecule has 0 spiro atoms. The minimum atomic E-state index is -0.512. The van der Waals surface area contributed by atoms with E-state index < -0.39 is 5.60 Å². The number of benzene rings is 2. The molecule has 0 unspecified atom stereocenters. The molecule has 0 N–H and O–H groups in total. The summed E-state index contributed by atoms with van der Waals surface area (Å²) in [4.78, 5) is 19.3. The Morgan fingerprint density at radius 1 is 1.09 bits per heavy atom. The van der Waals surface area contributed by atoms with Crippen LogP contribution in [-0.4, -0.2) is 45.3 Å². The minimum Gasteiger partial charge on any atom is -0.462 e. The molecule has 1 saturated heterocycles. The Morgan fingerprint density at radius 3 is 2.59 bits per heavy atom. The standard InChI is InChI=1S/C26H33N3O3/c1-19-12-14-20(15-13-19)17-29-23-11-6-5-10-22(23)27-24(29)31-18-21-9-7-8-16-28(21)25(30)32-26(2,3)4/h5-6,10-15,21H,7-9,16-18H2,1-4H3/t21-/m0/s1. The molecule has 2 aromatic carbocycles. The highest BCUT2D eigenvalue weighted by Crippen LogP contribution is 2.25. The molecule has 0 radical (unpaired) electrons. The van der Waals surface area contributed by atoms with Gasteiger partial charge in [-0.25, -0.2) is 4.79 Å². The van der Waals surface area contributed by atoms with E-state index in [0.717, 1.165) is 30.3 Å². The SMILES string of the molecule is Cc1ccc(Cn2c(OC[C@@H]3CCCCN3C(=O)OC(C)(C)C)nc3ccccc32)cc1. The lowest BCUT2D eigenvalue weighted by Gasteiger charge is -2.36. The lowest BCUT2D eigenvalue weighted by molar-refractivity contribution is 0.00290. The maximum atomic E-state index is 12.7. The van der Waals surface area contributed by atoms with E-state index in [4.69, 9.17) is 14.5 Å². The third kappa shape index (κ3) is 5.23. The molecule has 4 rings (SSSR count). The normalized spacial score (nSPS) is 16.9. The second-order valence-electron chi connectivity index (χ2n) is 9.59. The van der Waals surface area contributed by atoms with E-state index in [9.17, 15) is 4.79 Å². The average Bonchev–Trinajstić information content (AvgIpc) is 3.10. The molecule has 1 amide bonds. The van der Waals surface area contributed by atoms with Crippen LogP contribution in [0.4, 0.5) is 4.79 Å². The predicted molar refractivity (Wildman–Crippen MR) is 126 cm³/mol. The number of ether oxygens (including phenoxy) is 2. The second kappa shape index (κ2) is 9.23. The molecule has 3 aromatic rings. The monoisotopic (exact) mass is 435 g/mol. The van der Waals surface area contributed by atoms with Gasteiger partial charge in [0.25, 0.3) is 6.01 Å². The van der Waals surface area contributed by atoms with Gasteiger partial charge >= 0.3 is 6.09 Å². The number of hydrogen-bond acceptors (Lipinski definition) is 4. The Balaban J connectivity index is 1.54. The first kappa shape index (κ1) is 22.2. The number of fused-ring (bicyclic) bond motifs is 1. The Kier molecular flexibility index (Phi) is 6.40. The fraction of sp³-hybridized carbons (Fsp3) is 0.462. The second-order valence-corrected chi connectivity index (χ2v) is 9.59. The van der Waals surface area contributed by atoms with Crippen LogP contribution in [0.3, 0.4) is 0 Å². The summed E-state index contributed by atoms with van der Waals surface area (Å²) < 4.78 is 14.0. The maximum Gasteiger partial charge on any atom is 0.410 e. The summed E-state index contributed by atoms with van der Waals surface area (Å²) >= 11 is 0. The van der Waals surface area contributed by atoms with Crippen LogP contribution in [0.5, 0.6) is 6.01 Å². The smallest absolute Gasteiger partial charge is 0.410 e. The van der Waals surface area contributed by atoms with E-state index in [1.807, 2.05) is 43.9 Å². The molecule has 2 heterocycles. The number of rotatable bonds is 5. The molecule has 0 bridgehead atoms. The Labute approximate surface area is 190 Å². The van der Waals surface area contributed by atoms with Crippen LogP contribution in [0.15, 0.2) is 48.5 Å². The molecule has 0 aliphatic carbocycles. The number of carbonyl (C=O) groups excluding carboxylic acids is 1. The van der Waals surface area contributed by atoms with Crippen molar-refractivity contribution in [2.75, 3.05) is 13.2 Å². The Morgan fingerprint density at radius 2 is 1.84 bits per heavy atom. The number of imidazole rings is 1. The lowest BCUT2D eigenvalue weighted by Crippen LogP contribution is -2.48. The first-order chi connectivity index (χ1) is 15.3. The lowest BCUT2D eigenvalue weighted by atomic mass is 10.0. The first-order valence-corrected chi connectivity index (χ1v) is 11.4. The topological polar surface area (TPSA) is 56.6 Å². The summed E-state index contributed by atoms with van der Waals surface area (Å²) in [6.45, 7) is 9.55. The fourth-order valence-electron chi connectivity index (χ4n) is 4.10. The quantitative estimate of drug-likeness (QED) is 0.526. The van der Waals surface area contributed by atoms with E-state index in [2.05, 4.69) is 41.8 Å². The van der Waals surface area contributed by atoms with Crippen molar-refractivity contribution in [3.63, 3.8) is 0 Å². The van der Waals surface area contributed by atoms with Crippen molar-refractivity contribution < 1.29 is 14.3 Å². The molecule has 1 fully saturated rings. The fourth-order valence-corrected chi connectivity index (χ4v) is 4.10. The average molecular weight is 436 g/mol. The van der Waals surface area contributed by atoms with Gasteiger partial charge in [0.05, 0.1) is 23.6 Å². The zero-order chi connectivity index (χ0) is 22.7. The van der Waals surface area contributed by atoms with E-state index in [0.29, 0.717) is 25.7 Å². The number of para-hydroxylation sites is 2. The molecule has 170 valence electrons. The van der Waals surface area contributed by atoms with Gasteiger partial charge in [-0.1, -0.05) is 42.0 Å². The zero-order valence-electron chi connectivity index (χ0n) is 19.5. The van der Waals surface area contributed by atoms with Gasteiger partial charge in [0.2, 0.25) is 0 Å². The zero-order valence-corrected chi connectivity index (χ0v) is 19.5. The molecule has 6 nitrogen and oxygen atoms in total. The Bertz CT molecular complexity index is 1070. The van der Waals surface area contributed by atoms with Gasteiger partial charge in [0.1, 0.15) is 12.2 Å². The number of carbonyl (C=O) groups is 1. The van der Waals surface area contributed by atoms with Crippen molar-refractivity contribution in [3.8, 4) is 6.01 Å². The highest BCUT2D eigenvalue weighted by molar-refractivity contribution is 5.76. The summed E-state index contributed by atoms with van der Waals surface area (Å²) in [5.74, 6) is 0. The highest BCUT2D eigenvalue weighted by atomic mass is 16.6. The largest absolute Gasteiger partial charge is 0.462 e. The van der Waals surface area contributed by atoms with E-state index in [1.165, 1.54) is 11.1 Å². The molecule has 1 aliphatic rings. The summed E-state index contributed by atoms with van der Waals surface area (Å²) in [5, 5.41) is 0. The van der Waals surface area contributed by atoms with Gasteiger partial charge in [-0.05, 0) is 64.7 Å². The Hall–Kier alpha value is -3.02. The third-order valence-corrected chi connectivity index (χ3v) is 5.74. The number of aryl methyl sites for hydroxylation is 1. The molecule has 6 heteroatoms.